The van der Waals surface area contributed by atoms with Crippen molar-refractivity contribution >= 4 is 28.6 Å². The van der Waals surface area contributed by atoms with Gasteiger partial charge in [0.05, 0.1) is 17.5 Å². The fourth-order valence-corrected chi connectivity index (χ4v) is 4.39. The second-order valence-electron chi connectivity index (χ2n) is 9.03. The number of aliphatic carboxylic acids is 1. The molecule has 2 aromatic carbocycles. The van der Waals surface area contributed by atoms with Gasteiger partial charge >= 0.3 is 12.3 Å². The Morgan fingerprint density at radius 1 is 1.17 bits per heavy atom. The van der Waals surface area contributed by atoms with E-state index >= 15 is 0 Å². The highest BCUT2D eigenvalue weighted by Gasteiger charge is 2.31. The number of hydrogen-bond donors (Lipinski definition) is 2. The molecule has 1 fully saturated rings. The summed E-state index contributed by atoms with van der Waals surface area (Å²) in [7, 11) is 0. The van der Waals surface area contributed by atoms with E-state index in [2.05, 4.69) is 35.4 Å². The van der Waals surface area contributed by atoms with Gasteiger partial charge in [-0.25, -0.2) is 4.98 Å². The number of benzene rings is 2. The van der Waals surface area contributed by atoms with Gasteiger partial charge in [0.25, 0.3) is 0 Å². The number of ether oxygens (including phenoxy) is 1. The summed E-state index contributed by atoms with van der Waals surface area (Å²) in [5.74, 6) is -0.0550. The molecule has 1 aromatic heterocycles. The summed E-state index contributed by atoms with van der Waals surface area (Å²) in [6.07, 6.45) is 0.691. The highest BCUT2D eigenvalue weighted by atomic mass is 19.4. The van der Waals surface area contributed by atoms with Crippen molar-refractivity contribution in [3.8, 4) is 5.75 Å². The first-order chi connectivity index (χ1) is 16.6. The molecule has 6 nitrogen and oxygen atoms in total. The van der Waals surface area contributed by atoms with Crippen molar-refractivity contribution < 1.29 is 27.8 Å². The molecule has 4 rings (SSSR count). The maximum atomic E-state index is 12.4. The number of alkyl halides is 3. The number of fused-ring (bicyclic) bond motifs is 1. The average molecular weight is 492 g/mol. The fourth-order valence-electron chi connectivity index (χ4n) is 4.39. The largest absolute Gasteiger partial charge is 0.573 e. The van der Waals surface area contributed by atoms with Crippen molar-refractivity contribution in [2.75, 3.05) is 5.32 Å². The molecule has 190 valence electrons. The summed E-state index contributed by atoms with van der Waals surface area (Å²) in [5.41, 5.74) is 2.82. The van der Waals surface area contributed by atoms with Crippen molar-refractivity contribution in [2.45, 2.75) is 71.7 Å². The number of carbonyl (C=O) groups is 1. The van der Waals surface area contributed by atoms with Crippen molar-refractivity contribution in [3.05, 3.63) is 48.0 Å². The first kappa shape index (κ1) is 26.4. The van der Waals surface area contributed by atoms with Crippen LogP contribution in [-0.2, 0) is 11.2 Å². The van der Waals surface area contributed by atoms with Crippen LogP contribution in [0.15, 0.2) is 42.5 Å². The number of nitrogens with zero attached hydrogens (tertiary/aromatic N) is 2. The molecule has 1 saturated carbocycles. The Hall–Kier alpha value is -3.23. The van der Waals surface area contributed by atoms with Gasteiger partial charge in [-0.1, -0.05) is 46.1 Å². The molecular formula is C26H32F3N3O3. The molecule has 0 aliphatic heterocycles. The van der Waals surface area contributed by atoms with Gasteiger partial charge in [0.1, 0.15) is 5.75 Å². The predicted octanol–water partition coefficient (Wildman–Crippen LogP) is 7.47. The molecule has 9 heteroatoms. The number of carboxylic acids is 1. The molecule has 35 heavy (non-hydrogen) atoms. The lowest BCUT2D eigenvalue weighted by molar-refractivity contribution is -0.274. The molecule has 2 atom stereocenters. The van der Waals surface area contributed by atoms with E-state index in [-0.39, 0.29) is 18.2 Å². The number of nitrogens with one attached hydrogen (secondary N) is 1. The van der Waals surface area contributed by atoms with Crippen molar-refractivity contribution in [1.29, 1.82) is 0 Å². The van der Waals surface area contributed by atoms with Crippen LogP contribution < -0.4 is 10.1 Å². The zero-order valence-electron chi connectivity index (χ0n) is 20.2. The summed E-state index contributed by atoms with van der Waals surface area (Å²) in [4.78, 5) is 15.8. The normalized spacial score (nSPS) is 18.0. The highest BCUT2D eigenvalue weighted by molar-refractivity contribution is 5.82. The molecule has 2 N–H and O–H groups in total. The number of imidazole rings is 1. The minimum atomic E-state index is -4.74. The summed E-state index contributed by atoms with van der Waals surface area (Å²) in [5, 5.41) is 12.3. The lowest BCUT2D eigenvalue weighted by atomic mass is 9.87. The number of aromatic nitrogens is 2. The fraction of sp³-hybridized carbons (Fsp3) is 0.462. The molecule has 3 aromatic rings. The first-order valence-electron chi connectivity index (χ1n) is 11.9. The Kier molecular flexibility index (Phi) is 8.64. The molecular weight excluding hydrogens is 459 g/mol. The van der Waals surface area contributed by atoms with Crippen LogP contribution >= 0.6 is 0 Å². The number of anilines is 2. The topological polar surface area (TPSA) is 76.4 Å². The Morgan fingerprint density at radius 2 is 1.86 bits per heavy atom. The lowest BCUT2D eigenvalue weighted by Gasteiger charge is -2.29. The Balaban J connectivity index is 0.00000108. The van der Waals surface area contributed by atoms with Gasteiger partial charge in [-0.3, -0.25) is 4.79 Å². The van der Waals surface area contributed by atoms with Crippen molar-refractivity contribution in [1.82, 2.24) is 9.55 Å². The summed E-state index contributed by atoms with van der Waals surface area (Å²) in [6.45, 7) is 6.47. The Bertz CT molecular complexity index is 1130. The quantitative estimate of drug-likeness (QED) is 0.374. The van der Waals surface area contributed by atoms with Gasteiger partial charge in [0, 0.05) is 11.7 Å². The maximum absolute atomic E-state index is 12.4. The van der Waals surface area contributed by atoms with Crippen LogP contribution in [0.3, 0.4) is 0 Å². The summed E-state index contributed by atoms with van der Waals surface area (Å²) >= 11 is 0. The van der Waals surface area contributed by atoms with Crippen molar-refractivity contribution in [2.24, 2.45) is 5.92 Å². The van der Waals surface area contributed by atoms with E-state index in [1.54, 1.807) is 12.1 Å². The SMILES string of the molecule is CC1CCCC(n2c(Nc3ccc(OC(F)(F)F)cc3)nc3cc(CC(=O)O)ccc32)C1.CCC. The molecule has 0 amide bonds. The van der Waals surface area contributed by atoms with E-state index in [0.717, 1.165) is 24.8 Å². The van der Waals surface area contributed by atoms with E-state index in [1.807, 2.05) is 6.07 Å². The Morgan fingerprint density at radius 3 is 2.46 bits per heavy atom. The van der Waals surface area contributed by atoms with E-state index in [4.69, 9.17) is 10.1 Å². The molecule has 1 heterocycles. The van der Waals surface area contributed by atoms with E-state index < -0.39 is 12.3 Å². The standard InChI is InChI=1S/C23H24F3N3O3.C3H8/c1-14-3-2-4-17(11-14)29-20-10-5-15(13-21(30)31)12-19(20)28-22(29)27-16-6-8-18(9-7-16)32-23(24,25)26;1-3-2/h5-10,12,14,17H,2-4,11,13H2,1H3,(H,27,28)(H,30,31);3H2,1-2H3. The smallest absolute Gasteiger partial charge is 0.481 e. The van der Waals surface area contributed by atoms with Crippen LogP contribution in [0.5, 0.6) is 5.75 Å². The predicted molar refractivity (Wildman–Crippen MR) is 130 cm³/mol. The average Bonchev–Trinajstić information content (AvgIpc) is 3.11. The van der Waals surface area contributed by atoms with Gasteiger partial charge in [-0.2, -0.15) is 0 Å². The minimum absolute atomic E-state index is 0.0906. The van der Waals surface area contributed by atoms with Gasteiger partial charge < -0.3 is 19.7 Å². The molecule has 1 aliphatic rings. The molecule has 0 saturated heterocycles. The summed E-state index contributed by atoms with van der Waals surface area (Å²) < 4.78 is 43.3. The van der Waals surface area contributed by atoms with Gasteiger partial charge in [0.2, 0.25) is 5.95 Å². The highest BCUT2D eigenvalue weighted by Crippen LogP contribution is 2.38. The van der Waals surface area contributed by atoms with Gasteiger partial charge in [-0.05, 0) is 60.7 Å². The lowest BCUT2D eigenvalue weighted by Crippen LogP contribution is -2.19. The van der Waals surface area contributed by atoms with Gasteiger partial charge in [0.15, 0.2) is 0 Å². The number of carboxylic acid groups (broad SMARTS) is 1. The Labute approximate surface area is 203 Å². The molecule has 0 spiro atoms. The third-order valence-corrected chi connectivity index (χ3v) is 5.73. The third-order valence-electron chi connectivity index (χ3n) is 5.73. The zero-order valence-corrected chi connectivity index (χ0v) is 20.2. The van der Waals surface area contributed by atoms with Gasteiger partial charge in [-0.15, -0.1) is 13.2 Å². The van der Waals surface area contributed by atoms with Crippen LogP contribution in [0.2, 0.25) is 0 Å². The van der Waals surface area contributed by atoms with E-state index in [9.17, 15) is 18.0 Å². The second-order valence-corrected chi connectivity index (χ2v) is 9.03. The monoisotopic (exact) mass is 491 g/mol. The van der Waals surface area contributed by atoms with E-state index in [1.165, 1.54) is 37.1 Å². The zero-order chi connectivity index (χ0) is 25.6. The second kappa shape index (κ2) is 11.5. The van der Waals surface area contributed by atoms with Crippen LogP contribution in [0.25, 0.3) is 11.0 Å². The van der Waals surface area contributed by atoms with Crippen LogP contribution in [0, 0.1) is 5.92 Å². The molecule has 2 unspecified atom stereocenters. The van der Waals surface area contributed by atoms with Crippen LogP contribution in [0.4, 0.5) is 24.8 Å². The number of hydrogen-bond acceptors (Lipinski definition) is 4. The first-order valence-corrected chi connectivity index (χ1v) is 11.9. The molecule has 0 bridgehead atoms. The summed E-state index contributed by atoms with van der Waals surface area (Å²) in [6, 6.07) is 11.2. The van der Waals surface area contributed by atoms with Crippen LogP contribution in [0.1, 0.15) is 64.5 Å². The number of halogens is 3. The molecule has 0 radical (unpaired) electrons. The van der Waals surface area contributed by atoms with E-state index in [0.29, 0.717) is 28.6 Å². The maximum Gasteiger partial charge on any atom is 0.573 e. The number of rotatable bonds is 6. The van der Waals surface area contributed by atoms with Crippen molar-refractivity contribution in [3.63, 3.8) is 0 Å². The minimum Gasteiger partial charge on any atom is -0.481 e. The molecule has 1 aliphatic carbocycles. The third kappa shape index (κ3) is 7.37. The van der Waals surface area contributed by atoms with Crippen LogP contribution in [-0.4, -0.2) is 27.0 Å².